The van der Waals surface area contributed by atoms with Crippen molar-refractivity contribution in [3.63, 3.8) is 0 Å². The summed E-state index contributed by atoms with van der Waals surface area (Å²) >= 11 is 0. The van der Waals surface area contributed by atoms with E-state index in [1.54, 1.807) is 0 Å². The molecule has 1 aliphatic heterocycles. The monoisotopic (exact) mass is 116 g/mol. The van der Waals surface area contributed by atoms with Crippen LogP contribution in [0, 0.1) is 11.8 Å². The third-order valence-electron chi connectivity index (χ3n) is 1.90. The molecule has 1 heterocycles. The summed E-state index contributed by atoms with van der Waals surface area (Å²) in [6, 6.07) is 0. The minimum Gasteiger partial charge on any atom is -0.368 e. The number of fused-ring (bicyclic) bond motifs is 1. The van der Waals surface area contributed by atoms with Gasteiger partial charge < -0.3 is 14.9 Å². The van der Waals surface area contributed by atoms with Crippen LogP contribution in [0.4, 0.5) is 0 Å². The van der Waals surface area contributed by atoms with Gasteiger partial charge >= 0.3 is 0 Å². The number of hydrogen-bond acceptors (Lipinski definition) is 3. The fraction of sp³-hybridized carbons (Fsp3) is 1.00. The highest BCUT2D eigenvalue weighted by Crippen LogP contribution is 2.50. The predicted molar refractivity (Wildman–Crippen MR) is 24.7 cm³/mol. The average molecular weight is 116 g/mol. The summed E-state index contributed by atoms with van der Waals surface area (Å²) < 4.78 is 4.63. The molecule has 1 aliphatic carbocycles. The molecule has 2 N–H and O–H groups in total. The molecular weight excluding hydrogens is 108 g/mol. The van der Waals surface area contributed by atoms with Crippen molar-refractivity contribution in [2.24, 2.45) is 11.8 Å². The Hall–Kier alpha value is -0.120. The Balaban J connectivity index is 2.09. The molecule has 0 radical (unpaired) electrons. The lowest BCUT2D eigenvalue weighted by atomic mass is 10.3. The first-order valence-electron chi connectivity index (χ1n) is 2.80. The van der Waals surface area contributed by atoms with E-state index in [0.29, 0.717) is 0 Å². The fourth-order valence-electron chi connectivity index (χ4n) is 1.24. The van der Waals surface area contributed by atoms with E-state index in [2.05, 4.69) is 4.74 Å². The van der Waals surface area contributed by atoms with Gasteiger partial charge in [-0.15, -0.1) is 0 Å². The van der Waals surface area contributed by atoms with Crippen LogP contribution >= 0.6 is 0 Å². The van der Waals surface area contributed by atoms with Crippen molar-refractivity contribution in [2.75, 3.05) is 0 Å². The largest absolute Gasteiger partial charge is 0.368 e. The molecule has 4 unspecified atom stereocenters. The summed E-state index contributed by atoms with van der Waals surface area (Å²) in [7, 11) is 0. The standard InChI is InChI=1S/C5H8O3/c6-4-2-1-3(2)5(7)8-4/h2-7H,1H2. The van der Waals surface area contributed by atoms with Gasteiger partial charge in [-0.25, -0.2) is 0 Å². The minimum absolute atomic E-state index is 0.241. The first-order chi connectivity index (χ1) is 3.79. The third kappa shape index (κ3) is 0.438. The lowest BCUT2D eigenvalue weighted by Gasteiger charge is -2.06. The summed E-state index contributed by atoms with van der Waals surface area (Å²) in [6.45, 7) is 0. The van der Waals surface area contributed by atoms with Crippen molar-refractivity contribution in [2.45, 2.75) is 19.0 Å². The molecule has 0 aromatic carbocycles. The highest BCUT2D eigenvalue weighted by molar-refractivity contribution is 4.95. The Morgan fingerprint density at radius 2 is 1.62 bits per heavy atom. The second kappa shape index (κ2) is 1.23. The topological polar surface area (TPSA) is 49.7 Å². The molecule has 0 spiro atoms. The molecule has 0 aromatic rings. The predicted octanol–water partition coefficient (Wildman–Crippen LogP) is -0.710. The van der Waals surface area contributed by atoms with Gasteiger partial charge in [-0.05, 0) is 6.42 Å². The van der Waals surface area contributed by atoms with Crippen LogP contribution in [0.3, 0.4) is 0 Å². The highest BCUT2D eigenvalue weighted by atomic mass is 16.7. The van der Waals surface area contributed by atoms with Crippen LogP contribution in [0.25, 0.3) is 0 Å². The molecule has 1 saturated carbocycles. The van der Waals surface area contributed by atoms with Crippen LogP contribution < -0.4 is 0 Å². The SMILES string of the molecule is OC1OC(O)C2CC12. The van der Waals surface area contributed by atoms with Crippen LogP contribution in [0.1, 0.15) is 6.42 Å². The van der Waals surface area contributed by atoms with E-state index in [9.17, 15) is 0 Å². The van der Waals surface area contributed by atoms with E-state index >= 15 is 0 Å². The minimum atomic E-state index is -0.685. The number of rotatable bonds is 0. The quantitative estimate of drug-likeness (QED) is 0.439. The van der Waals surface area contributed by atoms with Crippen molar-refractivity contribution >= 4 is 0 Å². The summed E-state index contributed by atoms with van der Waals surface area (Å²) in [5.41, 5.74) is 0. The van der Waals surface area contributed by atoms with Crippen molar-refractivity contribution in [3.8, 4) is 0 Å². The van der Waals surface area contributed by atoms with E-state index in [1.165, 1.54) is 0 Å². The van der Waals surface area contributed by atoms with E-state index in [1.807, 2.05) is 0 Å². The van der Waals surface area contributed by atoms with Crippen LogP contribution in [0.2, 0.25) is 0 Å². The van der Waals surface area contributed by atoms with E-state index < -0.39 is 12.6 Å². The molecule has 0 bridgehead atoms. The van der Waals surface area contributed by atoms with Gasteiger partial charge in [0.05, 0.1) is 0 Å². The zero-order chi connectivity index (χ0) is 5.72. The lowest BCUT2D eigenvalue weighted by Crippen LogP contribution is -2.15. The summed E-state index contributed by atoms with van der Waals surface area (Å²) in [5.74, 6) is 0.481. The maximum Gasteiger partial charge on any atom is 0.160 e. The van der Waals surface area contributed by atoms with E-state index in [0.717, 1.165) is 6.42 Å². The number of aliphatic hydroxyl groups is 2. The molecule has 8 heavy (non-hydrogen) atoms. The molecule has 3 nitrogen and oxygen atoms in total. The molecule has 3 heteroatoms. The Morgan fingerprint density at radius 1 is 1.12 bits per heavy atom. The molecular formula is C5H8O3. The summed E-state index contributed by atoms with van der Waals surface area (Å²) in [6.07, 6.45) is -0.438. The molecule has 2 rings (SSSR count). The second-order valence-electron chi connectivity index (χ2n) is 2.48. The number of hydrogen-bond donors (Lipinski definition) is 2. The Kier molecular flexibility index (Phi) is 0.730. The summed E-state index contributed by atoms with van der Waals surface area (Å²) in [5, 5.41) is 17.7. The fourth-order valence-corrected chi connectivity index (χ4v) is 1.24. The van der Waals surface area contributed by atoms with Gasteiger partial charge in [0.15, 0.2) is 12.6 Å². The first-order valence-corrected chi connectivity index (χ1v) is 2.80. The van der Waals surface area contributed by atoms with Crippen molar-refractivity contribution in [1.82, 2.24) is 0 Å². The highest BCUT2D eigenvalue weighted by Gasteiger charge is 2.54. The van der Waals surface area contributed by atoms with Gasteiger partial charge in [-0.2, -0.15) is 0 Å². The van der Waals surface area contributed by atoms with Gasteiger partial charge in [0, 0.05) is 11.8 Å². The van der Waals surface area contributed by atoms with E-state index in [-0.39, 0.29) is 11.8 Å². The smallest absolute Gasteiger partial charge is 0.160 e. The van der Waals surface area contributed by atoms with Gasteiger partial charge in [-0.3, -0.25) is 0 Å². The van der Waals surface area contributed by atoms with E-state index in [4.69, 9.17) is 10.2 Å². The molecule has 2 fully saturated rings. The molecule has 4 atom stereocenters. The Morgan fingerprint density at radius 3 is 1.75 bits per heavy atom. The van der Waals surface area contributed by atoms with Crippen LogP contribution in [-0.4, -0.2) is 22.8 Å². The third-order valence-corrected chi connectivity index (χ3v) is 1.90. The van der Waals surface area contributed by atoms with Crippen LogP contribution in [0.15, 0.2) is 0 Å². The normalized spacial score (nSPS) is 60.8. The van der Waals surface area contributed by atoms with Crippen molar-refractivity contribution < 1.29 is 14.9 Å². The van der Waals surface area contributed by atoms with Crippen molar-refractivity contribution in [3.05, 3.63) is 0 Å². The zero-order valence-corrected chi connectivity index (χ0v) is 4.32. The maximum atomic E-state index is 8.83. The zero-order valence-electron chi connectivity index (χ0n) is 4.32. The maximum absolute atomic E-state index is 8.83. The second-order valence-corrected chi connectivity index (χ2v) is 2.48. The Bertz CT molecular complexity index is 98.2. The summed E-state index contributed by atoms with van der Waals surface area (Å²) in [4.78, 5) is 0. The molecule has 1 saturated heterocycles. The number of aliphatic hydroxyl groups excluding tert-OH is 2. The number of ether oxygens (including phenoxy) is 1. The van der Waals surface area contributed by atoms with Gasteiger partial charge in [-0.1, -0.05) is 0 Å². The van der Waals surface area contributed by atoms with Gasteiger partial charge in [0.25, 0.3) is 0 Å². The molecule has 0 aromatic heterocycles. The average Bonchev–Trinajstić information content (AvgIpc) is 2.35. The van der Waals surface area contributed by atoms with Gasteiger partial charge in [0.2, 0.25) is 0 Å². The van der Waals surface area contributed by atoms with Gasteiger partial charge in [0.1, 0.15) is 0 Å². The van der Waals surface area contributed by atoms with Crippen LogP contribution in [0.5, 0.6) is 0 Å². The molecule has 2 aliphatic rings. The Labute approximate surface area is 46.9 Å². The van der Waals surface area contributed by atoms with Crippen molar-refractivity contribution in [1.29, 1.82) is 0 Å². The molecule has 0 amide bonds. The van der Waals surface area contributed by atoms with Crippen LogP contribution in [-0.2, 0) is 4.74 Å². The first kappa shape index (κ1) is 4.73. The molecule has 46 valence electrons. The lowest BCUT2D eigenvalue weighted by molar-refractivity contribution is -0.183.